The van der Waals surface area contributed by atoms with Crippen molar-refractivity contribution in [3.05, 3.63) is 71.8 Å². The maximum Gasteiger partial charge on any atom is 0.396 e. The highest BCUT2D eigenvalue weighted by molar-refractivity contribution is 6.12. The molecule has 1 heterocycles. The van der Waals surface area contributed by atoms with Gasteiger partial charge in [-0.3, -0.25) is 4.99 Å². The molecule has 2 nitrogen and oxygen atoms in total. The molecule has 5 heteroatoms. The van der Waals surface area contributed by atoms with Crippen LogP contribution in [0.5, 0.6) is 0 Å². The molecule has 0 spiro atoms. The Bertz CT molecular complexity index is 626. The van der Waals surface area contributed by atoms with Crippen molar-refractivity contribution in [1.82, 2.24) is 0 Å². The van der Waals surface area contributed by atoms with Crippen LogP contribution in [0, 0.1) is 5.92 Å². The minimum Gasteiger partial charge on any atom is -0.356 e. The fourth-order valence-electron chi connectivity index (χ4n) is 2.66. The highest BCUT2D eigenvalue weighted by atomic mass is 19.4. The van der Waals surface area contributed by atoms with Crippen LogP contribution in [0.1, 0.15) is 17.5 Å². The number of hydrogen-bond donors (Lipinski definition) is 0. The quantitative estimate of drug-likeness (QED) is 0.766. The Hall–Kier alpha value is -2.14. The Morgan fingerprint density at radius 1 is 0.913 bits per heavy atom. The predicted molar refractivity (Wildman–Crippen MR) is 82.4 cm³/mol. The van der Waals surface area contributed by atoms with E-state index in [2.05, 4.69) is 4.99 Å². The number of halogens is 3. The van der Waals surface area contributed by atoms with Gasteiger partial charge in [-0.2, -0.15) is 13.2 Å². The summed E-state index contributed by atoms with van der Waals surface area (Å²) in [5, 5.41) is 0. The summed E-state index contributed by atoms with van der Waals surface area (Å²) in [4.78, 5) is 4.34. The van der Waals surface area contributed by atoms with Crippen LogP contribution in [-0.2, 0) is 4.74 Å². The van der Waals surface area contributed by atoms with E-state index in [9.17, 15) is 13.2 Å². The number of rotatable bonds is 3. The average Bonchev–Trinajstić information content (AvgIpc) is 3.03. The summed E-state index contributed by atoms with van der Waals surface area (Å²) in [6.45, 7) is 0.0786. The molecule has 2 atom stereocenters. The minimum atomic E-state index is -4.30. The van der Waals surface area contributed by atoms with Gasteiger partial charge in [-0.05, 0) is 6.42 Å². The van der Waals surface area contributed by atoms with Crippen molar-refractivity contribution in [3.8, 4) is 0 Å². The molecule has 0 unspecified atom stereocenters. The lowest BCUT2D eigenvalue weighted by atomic mass is 10.0. The predicted octanol–water partition coefficient (Wildman–Crippen LogP) is 4.45. The molecule has 1 saturated heterocycles. The van der Waals surface area contributed by atoms with E-state index in [1.54, 1.807) is 0 Å². The standard InChI is InChI=1S/C18H16F3NO/c19-18(20,21)15-11-12-23-17(15)22-16(13-7-3-1-4-8-13)14-9-5-2-6-10-14/h1-10,15,17H,11-12H2/t15-,17-/m1/s1. The van der Waals surface area contributed by atoms with Gasteiger partial charge in [0, 0.05) is 11.1 Å². The van der Waals surface area contributed by atoms with E-state index < -0.39 is 18.3 Å². The van der Waals surface area contributed by atoms with Crippen molar-refractivity contribution in [2.75, 3.05) is 6.61 Å². The second-order valence-corrected chi connectivity index (χ2v) is 5.41. The van der Waals surface area contributed by atoms with Gasteiger partial charge in [0.1, 0.15) is 5.92 Å². The van der Waals surface area contributed by atoms with Gasteiger partial charge in [-0.25, -0.2) is 0 Å². The SMILES string of the molecule is FC(F)(F)[C@@H]1CCO[C@H]1N=C(c1ccccc1)c1ccccc1. The molecule has 0 radical (unpaired) electrons. The Balaban J connectivity index is 2.02. The van der Waals surface area contributed by atoms with Crippen LogP contribution in [0.4, 0.5) is 13.2 Å². The summed E-state index contributed by atoms with van der Waals surface area (Å²) < 4.78 is 44.6. The van der Waals surface area contributed by atoms with Gasteiger partial charge in [0.2, 0.25) is 0 Å². The first-order valence-corrected chi connectivity index (χ1v) is 7.42. The first-order valence-electron chi connectivity index (χ1n) is 7.42. The highest BCUT2D eigenvalue weighted by Crippen LogP contribution is 2.37. The molecule has 0 aliphatic carbocycles. The van der Waals surface area contributed by atoms with Crippen LogP contribution in [0.3, 0.4) is 0 Å². The lowest BCUT2D eigenvalue weighted by Crippen LogP contribution is -2.30. The lowest BCUT2D eigenvalue weighted by Gasteiger charge is -2.19. The van der Waals surface area contributed by atoms with Crippen molar-refractivity contribution < 1.29 is 17.9 Å². The first kappa shape index (κ1) is 15.7. The maximum atomic E-state index is 13.1. The fourth-order valence-corrected chi connectivity index (χ4v) is 2.66. The number of alkyl halides is 3. The topological polar surface area (TPSA) is 21.6 Å². The third-order valence-electron chi connectivity index (χ3n) is 3.83. The molecule has 0 N–H and O–H groups in total. The monoisotopic (exact) mass is 319 g/mol. The molecule has 1 aliphatic heterocycles. The summed E-state index contributed by atoms with van der Waals surface area (Å²) in [6, 6.07) is 18.4. The third kappa shape index (κ3) is 3.62. The van der Waals surface area contributed by atoms with E-state index in [0.717, 1.165) is 11.1 Å². The smallest absolute Gasteiger partial charge is 0.356 e. The van der Waals surface area contributed by atoms with E-state index in [-0.39, 0.29) is 13.0 Å². The Morgan fingerprint density at radius 2 is 1.43 bits per heavy atom. The molecule has 0 aromatic heterocycles. The van der Waals surface area contributed by atoms with Gasteiger partial charge in [-0.1, -0.05) is 60.7 Å². The normalized spacial score (nSPS) is 21.2. The fraction of sp³-hybridized carbons (Fsp3) is 0.278. The molecular weight excluding hydrogens is 303 g/mol. The molecule has 1 aliphatic rings. The Kier molecular flexibility index (Phi) is 4.48. The van der Waals surface area contributed by atoms with E-state index in [1.807, 2.05) is 60.7 Å². The van der Waals surface area contributed by atoms with Crippen molar-refractivity contribution in [2.24, 2.45) is 10.9 Å². The second kappa shape index (κ2) is 6.54. The summed E-state index contributed by atoms with van der Waals surface area (Å²) in [5.41, 5.74) is 2.07. The number of aliphatic imine (C=N–C) groups is 1. The molecule has 1 fully saturated rings. The Morgan fingerprint density at radius 3 is 1.91 bits per heavy atom. The molecule has 0 amide bonds. The minimum absolute atomic E-state index is 0.0471. The summed E-state index contributed by atoms with van der Waals surface area (Å²) in [5.74, 6) is -1.55. The molecule has 0 bridgehead atoms. The van der Waals surface area contributed by atoms with Crippen molar-refractivity contribution in [2.45, 2.75) is 18.8 Å². The number of ether oxygens (including phenoxy) is 1. The number of benzene rings is 2. The van der Waals surface area contributed by atoms with Gasteiger partial charge in [0.25, 0.3) is 0 Å². The zero-order valence-electron chi connectivity index (χ0n) is 12.3. The zero-order chi connectivity index (χ0) is 16.3. The molecule has 120 valence electrons. The molecule has 2 aromatic carbocycles. The summed E-state index contributed by atoms with van der Waals surface area (Å²) >= 11 is 0. The van der Waals surface area contributed by atoms with Gasteiger partial charge in [-0.15, -0.1) is 0 Å². The maximum absolute atomic E-state index is 13.1. The van der Waals surface area contributed by atoms with Crippen LogP contribution in [-0.4, -0.2) is 24.7 Å². The van der Waals surface area contributed by atoms with E-state index in [1.165, 1.54) is 0 Å². The molecule has 2 aromatic rings. The van der Waals surface area contributed by atoms with E-state index >= 15 is 0 Å². The molecular formula is C18H16F3NO. The van der Waals surface area contributed by atoms with Gasteiger partial charge in [0.15, 0.2) is 6.23 Å². The summed E-state index contributed by atoms with van der Waals surface area (Å²) in [6.07, 6.45) is -5.54. The third-order valence-corrected chi connectivity index (χ3v) is 3.83. The first-order chi connectivity index (χ1) is 11.1. The van der Waals surface area contributed by atoms with Crippen LogP contribution < -0.4 is 0 Å². The van der Waals surface area contributed by atoms with Crippen LogP contribution in [0.2, 0.25) is 0 Å². The Labute approximate surface area is 132 Å². The number of hydrogen-bond acceptors (Lipinski definition) is 2. The van der Waals surface area contributed by atoms with Gasteiger partial charge < -0.3 is 4.74 Å². The average molecular weight is 319 g/mol. The molecule has 0 saturated carbocycles. The van der Waals surface area contributed by atoms with Crippen molar-refractivity contribution in [3.63, 3.8) is 0 Å². The highest BCUT2D eigenvalue weighted by Gasteiger charge is 2.48. The van der Waals surface area contributed by atoms with E-state index in [4.69, 9.17) is 4.74 Å². The van der Waals surface area contributed by atoms with Crippen LogP contribution in [0.15, 0.2) is 65.7 Å². The summed E-state index contributed by atoms with van der Waals surface area (Å²) in [7, 11) is 0. The largest absolute Gasteiger partial charge is 0.396 e. The van der Waals surface area contributed by atoms with Crippen molar-refractivity contribution in [1.29, 1.82) is 0 Å². The van der Waals surface area contributed by atoms with E-state index in [0.29, 0.717) is 5.71 Å². The second-order valence-electron chi connectivity index (χ2n) is 5.41. The molecule has 3 rings (SSSR count). The molecule has 23 heavy (non-hydrogen) atoms. The number of nitrogens with zero attached hydrogens (tertiary/aromatic N) is 1. The van der Waals surface area contributed by atoms with Crippen LogP contribution >= 0.6 is 0 Å². The van der Waals surface area contributed by atoms with Crippen LogP contribution in [0.25, 0.3) is 0 Å². The zero-order valence-corrected chi connectivity index (χ0v) is 12.3. The van der Waals surface area contributed by atoms with Gasteiger partial charge in [0.05, 0.1) is 12.3 Å². The van der Waals surface area contributed by atoms with Crippen molar-refractivity contribution >= 4 is 5.71 Å². The van der Waals surface area contributed by atoms with Gasteiger partial charge >= 0.3 is 6.18 Å². The lowest BCUT2D eigenvalue weighted by molar-refractivity contribution is -0.185.